The normalized spacial score (nSPS) is 10.2. The number of hydrogen-bond donors (Lipinski definition) is 3. The maximum Gasteiger partial charge on any atom is 0.371 e. The van der Waals surface area contributed by atoms with Crippen molar-refractivity contribution >= 4 is 17.6 Å². The van der Waals surface area contributed by atoms with Crippen molar-refractivity contribution in [1.82, 2.24) is 5.32 Å². The Labute approximate surface area is 215 Å². The van der Waals surface area contributed by atoms with Crippen molar-refractivity contribution in [2.45, 2.75) is 13.0 Å². The van der Waals surface area contributed by atoms with E-state index in [1.54, 1.807) is 12.1 Å². The quantitative estimate of drug-likeness (QED) is 0.236. The van der Waals surface area contributed by atoms with Gasteiger partial charge in [0.2, 0.25) is 11.7 Å². The Kier molecular flexibility index (Phi) is 10.9. The summed E-state index contributed by atoms with van der Waals surface area (Å²) in [6.07, 6.45) is 2.28. The molecule has 8 heteroatoms. The van der Waals surface area contributed by atoms with E-state index in [0.29, 0.717) is 11.4 Å². The number of hydrogen-bond acceptors (Lipinski definition) is 6. The van der Waals surface area contributed by atoms with E-state index < -0.39 is 5.97 Å². The molecule has 0 saturated carbocycles. The number of rotatable bonds is 11. The standard InChI is InChI=1S/C24H26N2O3.C5H4O3/c1-28-18-24(27)26-21-9-13-23(14-10-21)29-22-11-7-19(8-12-22)15-16-25-17-20-5-3-2-4-6-20;6-5(7)4-2-1-3-8-4/h2-14,25H,15-18H2,1H3,(H,26,27);1-3H,(H,6,7). The number of carbonyl (C=O) groups excluding carboxylic acids is 1. The van der Waals surface area contributed by atoms with Crippen LogP contribution in [0.25, 0.3) is 0 Å². The zero-order chi connectivity index (χ0) is 26.3. The van der Waals surface area contributed by atoms with Gasteiger partial charge >= 0.3 is 5.97 Å². The highest BCUT2D eigenvalue weighted by molar-refractivity contribution is 5.91. The van der Waals surface area contributed by atoms with E-state index in [1.807, 2.05) is 30.3 Å². The monoisotopic (exact) mass is 502 g/mol. The fourth-order valence-corrected chi connectivity index (χ4v) is 3.26. The molecule has 0 aliphatic carbocycles. The van der Waals surface area contributed by atoms with Crippen LogP contribution in [0.15, 0.2) is 102 Å². The molecule has 1 heterocycles. The summed E-state index contributed by atoms with van der Waals surface area (Å²) in [5.41, 5.74) is 3.26. The van der Waals surface area contributed by atoms with Gasteiger partial charge in [0, 0.05) is 19.3 Å². The summed E-state index contributed by atoms with van der Waals surface area (Å²) in [6.45, 7) is 1.84. The summed E-state index contributed by atoms with van der Waals surface area (Å²) in [5.74, 6) is 0.254. The first kappa shape index (κ1) is 27.2. The van der Waals surface area contributed by atoms with Crippen molar-refractivity contribution in [2.75, 3.05) is 25.6 Å². The van der Waals surface area contributed by atoms with E-state index in [0.717, 1.165) is 25.3 Å². The molecule has 3 N–H and O–H groups in total. The highest BCUT2D eigenvalue weighted by Crippen LogP contribution is 2.23. The minimum atomic E-state index is -1.03. The van der Waals surface area contributed by atoms with Crippen molar-refractivity contribution in [2.24, 2.45) is 0 Å². The van der Waals surface area contributed by atoms with Crippen LogP contribution < -0.4 is 15.4 Å². The van der Waals surface area contributed by atoms with Gasteiger partial charge in [-0.05, 0) is 72.6 Å². The molecule has 1 amide bonds. The van der Waals surface area contributed by atoms with Crippen molar-refractivity contribution in [1.29, 1.82) is 0 Å². The van der Waals surface area contributed by atoms with E-state index in [1.165, 1.54) is 36.6 Å². The summed E-state index contributed by atoms with van der Waals surface area (Å²) >= 11 is 0. The lowest BCUT2D eigenvalue weighted by Crippen LogP contribution is -2.16. The highest BCUT2D eigenvalue weighted by atomic mass is 16.5. The maximum absolute atomic E-state index is 11.5. The zero-order valence-electron chi connectivity index (χ0n) is 20.6. The molecule has 4 rings (SSSR count). The maximum atomic E-state index is 11.5. The molecule has 1 aromatic heterocycles. The lowest BCUT2D eigenvalue weighted by molar-refractivity contribution is -0.119. The topological polar surface area (TPSA) is 110 Å². The SMILES string of the molecule is COCC(=O)Nc1ccc(Oc2ccc(CCNCc3ccccc3)cc2)cc1.O=C(O)c1ccco1. The smallest absolute Gasteiger partial charge is 0.371 e. The van der Waals surface area contributed by atoms with Gasteiger partial charge in [0.1, 0.15) is 18.1 Å². The number of aromatic carboxylic acids is 1. The van der Waals surface area contributed by atoms with Crippen molar-refractivity contribution < 1.29 is 28.6 Å². The molecule has 37 heavy (non-hydrogen) atoms. The Morgan fingerprint density at radius 3 is 2.08 bits per heavy atom. The second-order valence-corrected chi connectivity index (χ2v) is 7.95. The number of carboxylic acids is 1. The average molecular weight is 503 g/mol. The molecule has 8 nitrogen and oxygen atoms in total. The summed E-state index contributed by atoms with van der Waals surface area (Å²) < 4.78 is 15.2. The number of carbonyl (C=O) groups is 2. The Hall–Kier alpha value is -4.40. The van der Waals surface area contributed by atoms with Gasteiger partial charge in [0.15, 0.2) is 0 Å². The molecule has 0 spiro atoms. The van der Waals surface area contributed by atoms with E-state index in [2.05, 4.69) is 51.4 Å². The Balaban J connectivity index is 0.000000405. The Bertz CT molecular complexity index is 1210. The van der Waals surface area contributed by atoms with E-state index in [-0.39, 0.29) is 18.3 Å². The third kappa shape index (κ3) is 10.0. The molecule has 3 aromatic carbocycles. The fraction of sp³-hybridized carbons (Fsp3) is 0.172. The van der Waals surface area contributed by atoms with Crippen LogP contribution in [0.1, 0.15) is 21.7 Å². The first-order chi connectivity index (χ1) is 18.0. The Morgan fingerprint density at radius 1 is 0.838 bits per heavy atom. The molecule has 0 unspecified atom stereocenters. The van der Waals surface area contributed by atoms with Crippen LogP contribution in [-0.4, -0.2) is 37.2 Å². The molecule has 192 valence electrons. The van der Waals surface area contributed by atoms with Crippen LogP contribution in [0.2, 0.25) is 0 Å². The molecule has 0 bridgehead atoms. The molecule has 0 fully saturated rings. The second kappa shape index (κ2) is 14.9. The molecule has 0 aliphatic heterocycles. The average Bonchev–Trinajstić information content (AvgIpc) is 3.46. The lowest BCUT2D eigenvalue weighted by atomic mass is 10.1. The third-order valence-corrected chi connectivity index (χ3v) is 5.07. The summed E-state index contributed by atoms with van der Waals surface area (Å²) in [7, 11) is 1.49. The first-order valence-corrected chi connectivity index (χ1v) is 11.7. The summed E-state index contributed by atoms with van der Waals surface area (Å²) in [5, 5.41) is 14.4. The largest absolute Gasteiger partial charge is 0.475 e. The summed E-state index contributed by atoms with van der Waals surface area (Å²) in [6, 6.07) is 28.7. The van der Waals surface area contributed by atoms with Crippen LogP contribution in [0.5, 0.6) is 11.5 Å². The van der Waals surface area contributed by atoms with Gasteiger partial charge in [0.05, 0.1) is 6.26 Å². The number of amides is 1. The minimum absolute atomic E-state index is 0.0231. The fourth-order valence-electron chi connectivity index (χ4n) is 3.26. The van der Waals surface area contributed by atoms with E-state index in [4.69, 9.17) is 14.6 Å². The predicted octanol–water partition coefficient (Wildman–Crippen LogP) is 5.37. The predicted molar refractivity (Wildman–Crippen MR) is 141 cm³/mol. The second-order valence-electron chi connectivity index (χ2n) is 7.95. The number of anilines is 1. The number of furan rings is 1. The van der Waals surface area contributed by atoms with E-state index in [9.17, 15) is 9.59 Å². The van der Waals surface area contributed by atoms with Crippen molar-refractivity contribution in [3.8, 4) is 11.5 Å². The van der Waals surface area contributed by atoms with Crippen molar-refractivity contribution in [3.63, 3.8) is 0 Å². The number of carboxylic acid groups (broad SMARTS) is 1. The molecule has 0 saturated heterocycles. The lowest BCUT2D eigenvalue weighted by Gasteiger charge is -2.09. The summed E-state index contributed by atoms with van der Waals surface area (Å²) in [4.78, 5) is 21.5. The molecule has 0 aliphatic rings. The molecule has 4 aromatic rings. The van der Waals surface area contributed by atoms with Gasteiger partial charge in [-0.2, -0.15) is 0 Å². The van der Waals surface area contributed by atoms with Gasteiger partial charge in [0.25, 0.3) is 0 Å². The van der Waals surface area contributed by atoms with Crippen LogP contribution in [0, 0.1) is 0 Å². The molecular formula is C29H30N2O6. The van der Waals surface area contributed by atoms with Gasteiger partial charge in [-0.1, -0.05) is 42.5 Å². The van der Waals surface area contributed by atoms with Crippen LogP contribution in [0.4, 0.5) is 5.69 Å². The van der Waals surface area contributed by atoms with Gasteiger partial charge < -0.3 is 29.6 Å². The number of nitrogens with one attached hydrogen (secondary N) is 2. The zero-order valence-corrected chi connectivity index (χ0v) is 20.6. The van der Waals surface area contributed by atoms with Crippen LogP contribution in [-0.2, 0) is 22.5 Å². The minimum Gasteiger partial charge on any atom is -0.475 e. The third-order valence-electron chi connectivity index (χ3n) is 5.07. The molecular weight excluding hydrogens is 472 g/mol. The van der Waals surface area contributed by atoms with Gasteiger partial charge in [-0.15, -0.1) is 0 Å². The van der Waals surface area contributed by atoms with Crippen LogP contribution >= 0.6 is 0 Å². The van der Waals surface area contributed by atoms with E-state index >= 15 is 0 Å². The molecule has 0 atom stereocenters. The van der Waals surface area contributed by atoms with Crippen molar-refractivity contribution in [3.05, 3.63) is 114 Å². The number of methoxy groups -OCH3 is 1. The van der Waals surface area contributed by atoms with Gasteiger partial charge in [-0.3, -0.25) is 4.79 Å². The van der Waals surface area contributed by atoms with Crippen LogP contribution in [0.3, 0.4) is 0 Å². The number of ether oxygens (including phenoxy) is 2. The molecule has 0 radical (unpaired) electrons. The Morgan fingerprint density at radius 2 is 1.51 bits per heavy atom. The van der Waals surface area contributed by atoms with Gasteiger partial charge in [-0.25, -0.2) is 4.79 Å². The highest BCUT2D eigenvalue weighted by Gasteiger charge is 2.03. The number of benzene rings is 3. The first-order valence-electron chi connectivity index (χ1n) is 11.7.